The van der Waals surface area contributed by atoms with Gasteiger partial charge < -0.3 is 18.9 Å². The van der Waals surface area contributed by atoms with Crippen LogP contribution < -0.4 is 18.9 Å². The minimum absolute atomic E-state index is 0.0799. The molecule has 1 unspecified atom stereocenters. The van der Waals surface area contributed by atoms with Gasteiger partial charge in [0.2, 0.25) is 0 Å². The van der Waals surface area contributed by atoms with Gasteiger partial charge in [-0.2, -0.15) is 0 Å². The maximum Gasteiger partial charge on any atom is 0.182 e. The monoisotopic (exact) mass is 468 g/mol. The van der Waals surface area contributed by atoms with E-state index in [1.165, 1.54) is 0 Å². The Kier molecular flexibility index (Phi) is 7.06. The third-order valence-corrected chi connectivity index (χ3v) is 6.24. The normalized spacial score (nSPS) is 12.3. The van der Waals surface area contributed by atoms with Gasteiger partial charge in [-0.05, 0) is 65.2 Å². The number of hydrogen-bond acceptors (Lipinski definition) is 5. The molecule has 0 fully saturated rings. The Hall–Kier alpha value is -4.25. The molecule has 0 radical (unpaired) electrons. The Balaban J connectivity index is 2.07. The number of ketones is 1. The summed E-state index contributed by atoms with van der Waals surface area (Å²) in [5.41, 5.74) is 1.78. The molecule has 0 aromatic heterocycles. The van der Waals surface area contributed by atoms with E-state index in [0.717, 1.165) is 16.7 Å². The van der Waals surface area contributed by atoms with Gasteiger partial charge in [0.15, 0.2) is 17.3 Å². The lowest BCUT2D eigenvalue weighted by molar-refractivity contribution is 0.0935. The predicted octanol–water partition coefficient (Wildman–Crippen LogP) is 5.94. The zero-order chi connectivity index (χ0) is 24.8. The smallest absolute Gasteiger partial charge is 0.182 e. The maximum absolute atomic E-state index is 14.6. The van der Waals surface area contributed by atoms with Crippen LogP contribution in [0.5, 0.6) is 23.0 Å². The average molecular weight is 469 g/mol. The molecule has 1 atom stereocenters. The van der Waals surface area contributed by atoms with E-state index in [1.54, 1.807) is 52.7 Å². The van der Waals surface area contributed by atoms with E-state index < -0.39 is 5.41 Å². The van der Waals surface area contributed by atoms with Crippen molar-refractivity contribution in [1.82, 2.24) is 0 Å². The number of carbonyl (C=O) groups is 1. The van der Waals surface area contributed by atoms with E-state index in [9.17, 15) is 4.79 Å². The first-order valence-corrected chi connectivity index (χ1v) is 11.2. The van der Waals surface area contributed by atoms with Crippen LogP contribution >= 0.6 is 0 Å². The molecule has 0 N–H and O–H groups in total. The molecule has 4 aromatic carbocycles. The van der Waals surface area contributed by atoms with Gasteiger partial charge in [0, 0.05) is 5.56 Å². The molecule has 0 heterocycles. The highest BCUT2D eigenvalue weighted by atomic mass is 16.5. The standard InChI is InChI=1S/C30H28O5/c1-32-25-15-10-21(11-16-25)29(31)30(22-8-6-5-7-9-22,23-12-17-26(33-2)18-13-23)24-14-19-27(34-3)28(20-24)35-4/h5-20H,1-4H3. The van der Waals surface area contributed by atoms with Crippen molar-refractivity contribution in [1.29, 1.82) is 0 Å². The Morgan fingerprint density at radius 3 is 1.60 bits per heavy atom. The largest absolute Gasteiger partial charge is 0.497 e. The van der Waals surface area contributed by atoms with Gasteiger partial charge in [0.1, 0.15) is 16.9 Å². The summed E-state index contributed by atoms with van der Waals surface area (Å²) in [7, 11) is 6.40. The van der Waals surface area contributed by atoms with Crippen LogP contribution in [0.4, 0.5) is 0 Å². The second kappa shape index (κ2) is 10.3. The van der Waals surface area contributed by atoms with E-state index in [2.05, 4.69) is 0 Å². The van der Waals surface area contributed by atoms with Gasteiger partial charge in [0.25, 0.3) is 0 Å². The number of ether oxygens (including phenoxy) is 4. The summed E-state index contributed by atoms with van der Waals surface area (Å²) in [6, 6.07) is 30.2. The fourth-order valence-electron chi connectivity index (χ4n) is 4.45. The lowest BCUT2D eigenvalue weighted by Gasteiger charge is -2.35. The van der Waals surface area contributed by atoms with Gasteiger partial charge in [-0.1, -0.05) is 48.5 Å². The topological polar surface area (TPSA) is 54.0 Å². The Morgan fingerprint density at radius 1 is 0.543 bits per heavy atom. The van der Waals surface area contributed by atoms with Crippen LogP contribution in [0.2, 0.25) is 0 Å². The van der Waals surface area contributed by atoms with Crippen molar-refractivity contribution in [2.75, 3.05) is 28.4 Å². The molecule has 0 bridgehead atoms. The van der Waals surface area contributed by atoms with E-state index in [0.29, 0.717) is 28.6 Å². The van der Waals surface area contributed by atoms with Crippen LogP contribution in [0.3, 0.4) is 0 Å². The average Bonchev–Trinajstić information content (AvgIpc) is 2.94. The Labute approximate surface area is 205 Å². The number of rotatable bonds is 9. The van der Waals surface area contributed by atoms with E-state index in [4.69, 9.17) is 18.9 Å². The summed E-state index contributed by atoms with van der Waals surface area (Å²) in [6.07, 6.45) is 0. The highest BCUT2D eigenvalue weighted by molar-refractivity contribution is 6.09. The number of hydrogen-bond donors (Lipinski definition) is 0. The predicted molar refractivity (Wildman–Crippen MR) is 136 cm³/mol. The van der Waals surface area contributed by atoms with Gasteiger partial charge in [0.05, 0.1) is 28.4 Å². The fraction of sp³-hybridized carbons (Fsp3) is 0.167. The molecule has 4 aromatic rings. The summed E-state index contributed by atoms with van der Waals surface area (Å²) in [5.74, 6) is 2.44. The van der Waals surface area contributed by atoms with Crippen molar-refractivity contribution in [3.05, 3.63) is 119 Å². The second-order valence-corrected chi connectivity index (χ2v) is 7.97. The number of methoxy groups -OCH3 is 4. The fourth-order valence-corrected chi connectivity index (χ4v) is 4.45. The first-order chi connectivity index (χ1) is 17.1. The van der Waals surface area contributed by atoms with Gasteiger partial charge >= 0.3 is 0 Å². The summed E-state index contributed by atoms with van der Waals surface area (Å²) in [4.78, 5) is 14.6. The Morgan fingerprint density at radius 2 is 1.06 bits per heavy atom. The molecule has 4 rings (SSSR count). The summed E-state index contributed by atoms with van der Waals surface area (Å²) >= 11 is 0. The molecule has 0 aliphatic heterocycles. The lowest BCUT2D eigenvalue weighted by atomic mass is 9.65. The third-order valence-electron chi connectivity index (χ3n) is 6.24. The summed E-state index contributed by atoms with van der Waals surface area (Å²) in [6.45, 7) is 0. The van der Waals surface area contributed by atoms with Crippen LogP contribution in [-0.4, -0.2) is 34.2 Å². The zero-order valence-corrected chi connectivity index (χ0v) is 20.3. The van der Waals surface area contributed by atoms with Crippen LogP contribution in [0.25, 0.3) is 0 Å². The van der Waals surface area contributed by atoms with E-state index >= 15 is 0 Å². The van der Waals surface area contributed by atoms with Crippen LogP contribution in [0.15, 0.2) is 97.1 Å². The van der Waals surface area contributed by atoms with E-state index in [1.807, 2.05) is 72.8 Å². The van der Waals surface area contributed by atoms with Crippen LogP contribution in [-0.2, 0) is 5.41 Å². The molecule has 35 heavy (non-hydrogen) atoms. The number of benzene rings is 4. The minimum Gasteiger partial charge on any atom is -0.497 e. The van der Waals surface area contributed by atoms with Crippen molar-refractivity contribution in [2.24, 2.45) is 0 Å². The van der Waals surface area contributed by atoms with Crippen molar-refractivity contribution in [3.63, 3.8) is 0 Å². The first-order valence-electron chi connectivity index (χ1n) is 11.2. The third kappa shape index (κ3) is 4.33. The highest BCUT2D eigenvalue weighted by Gasteiger charge is 2.44. The van der Waals surface area contributed by atoms with Crippen LogP contribution in [0, 0.1) is 0 Å². The van der Waals surface area contributed by atoms with Crippen LogP contribution in [0.1, 0.15) is 27.0 Å². The molecule has 5 nitrogen and oxygen atoms in total. The molecular weight excluding hydrogens is 440 g/mol. The molecular formula is C30H28O5. The summed E-state index contributed by atoms with van der Waals surface area (Å²) < 4.78 is 21.8. The SMILES string of the molecule is COc1ccc(C(=O)C(c2ccccc2)(c2ccc(OC)cc2)c2ccc(OC)c(OC)c2)cc1. The Bertz CT molecular complexity index is 1280. The molecule has 0 saturated heterocycles. The minimum atomic E-state index is -1.17. The van der Waals surface area contributed by atoms with Crippen molar-refractivity contribution >= 4 is 5.78 Å². The quantitative estimate of drug-likeness (QED) is 0.225. The second-order valence-electron chi connectivity index (χ2n) is 7.97. The van der Waals surface area contributed by atoms with E-state index in [-0.39, 0.29) is 5.78 Å². The molecule has 0 spiro atoms. The molecule has 0 aliphatic rings. The molecule has 0 amide bonds. The van der Waals surface area contributed by atoms with Crippen molar-refractivity contribution < 1.29 is 23.7 Å². The molecule has 0 saturated carbocycles. The first kappa shape index (κ1) is 23.9. The molecule has 178 valence electrons. The number of Topliss-reactive ketones (excluding diaryl/α,β-unsaturated/α-hetero) is 1. The maximum atomic E-state index is 14.6. The van der Waals surface area contributed by atoms with Gasteiger partial charge in [-0.15, -0.1) is 0 Å². The zero-order valence-electron chi connectivity index (χ0n) is 20.3. The van der Waals surface area contributed by atoms with Crippen molar-refractivity contribution in [3.8, 4) is 23.0 Å². The molecule has 5 heteroatoms. The molecule has 0 aliphatic carbocycles. The lowest BCUT2D eigenvalue weighted by Crippen LogP contribution is -2.38. The van der Waals surface area contributed by atoms with Gasteiger partial charge in [-0.25, -0.2) is 0 Å². The highest BCUT2D eigenvalue weighted by Crippen LogP contribution is 2.45. The van der Waals surface area contributed by atoms with Gasteiger partial charge in [-0.3, -0.25) is 4.79 Å². The van der Waals surface area contributed by atoms with Crippen molar-refractivity contribution in [2.45, 2.75) is 5.41 Å². The number of carbonyl (C=O) groups excluding carboxylic acids is 1. The summed E-state index contributed by atoms with van der Waals surface area (Å²) in [5, 5.41) is 0.